The van der Waals surface area contributed by atoms with Crippen molar-refractivity contribution in [3.8, 4) is 11.3 Å². The first-order chi connectivity index (χ1) is 13.3. The Hall–Kier alpha value is -3.31. The molecular weight excluding hydrogens is 360 g/mol. The fourth-order valence-corrected chi connectivity index (χ4v) is 2.83. The van der Waals surface area contributed by atoms with E-state index in [9.17, 15) is 0 Å². The standard InChI is InChI=1S/C21H17ClN4O/c22-16-8-4-9-17(12-16)24-21-25-19(15-6-2-1-3-7-15)13-20(26-21)23-14-18-10-5-11-27-18/h1-13H,14H2,(H2,23,24,25,26). The molecule has 134 valence electrons. The van der Waals surface area contributed by atoms with Crippen LogP contribution in [0.2, 0.25) is 5.02 Å². The van der Waals surface area contributed by atoms with Crippen molar-refractivity contribution in [2.75, 3.05) is 10.6 Å². The van der Waals surface area contributed by atoms with E-state index in [-0.39, 0.29) is 0 Å². The Morgan fingerprint density at radius 3 is 2.56 bits per heavy atom. The molecule has 0 aliphatic heterocycles. The molecule has 0 bridgehead atoms. The highest BCUT2D eigenvalue weighted by molar-refractivity contribution is 6.30. The minimum absolute atomic E-state index is 0.487. The van der Waals surface area contributed by atoms with Crippen molar-refractivity contribution in [2.24, 2.45) is 0 Å². The zero-order chi connectivity index (χ0) is 18.5. The van der Waals surface area contributed by atoms with Gasteiger partial charge in [-0.2, -0.15) is 4.98 Å². The zero-order valence-electron chi connectivity index (χ0n) is 14.4. The Bertz CT molecular complexity index is 1020. The van der Waals surface area contributed by atoms with Crippen molar-refractivity contribution in [3.63, 3.8) is 0 Å². The third kappa shape index (κ3) is 4.46. The maximum atomic E-state index is 6.07. The molecule has 0 unspecified atom stereocenters. The largest absolute Gasteiger partial charge is 0.467 e. The summed E-state index contributed by atoms with van der Waals surface area (Å²) in [6, 6.07) is 23.1. The molecule has 4 aromatic rings. The summed E-state index contributed by atoms with van der Waals surface area (Å²) in [4.78, 5) is 9.21. The van der Waals surface area contributed by atoms with E-state index in [1.165, 1.54) is 0 Å². The Morgan fingerprint density at radius 1 is 0.889 bits per heavy atom. The molecule has 5 nitrogen and oxygen atoms in total. The van der Waals surface area contributed by atoms with E-state index in [0.717, 1.165) is 22.7 Å². The van der Waals surface area contributed by atoms with Crippen LogP contribution in [0.5, 0.6) is 0 Å². The number of halogens is 1. The van der Waals surface area contributed by atoms with E-state index in [2.05, 4.69) is 20.6 Å². The SMILES string of the molecule is Clc1cccc(Nc2nc(NCc3ccco3)cc(-c3ccccc3)n2)c1. The van der Waals surface area contributed by atoms with Gasteiger partial charge in [-0.3, -0.25) is 0 Å². The summed E-state index contributed by atoms with van der Waals surface area (Å²) in [7, 11) is 0. The van der Waals surface area contributed by atoms with E-state index < -0.39 is 0 Å². The van der Waals surface area contributed by atoms with Crippen LogP contribution >= 0.6 is 11.6 Å². The molecule has 2 N–H and O–H groups in total. The van der Waals surface area contributed by atoms with Gasteiger partial charge in [0, 0.05) is 22.3 Å². The molecule has 0 saturated carbocycles. The summed E-state index contributed by atoms with van der Waals surface area (Å²) in [5, 5.41) is 7.15. The lowest BCUT2D eigenvalue weighted by molar-refractivity contribution is 0.518. The van der Waals surface area contributed by atoms with Gasteiger partial charge in [0.2, 0.25) is 5.95 Å². The predicted octanol–water partition coefficient (Wildman–Crippen LogP) is 5.75. The summed E-state index contributed by atoms with van der Waals surface area (Å²) >= 11 is 6.07. The van der Waals surface area contributed by atoms with Crippen LogP contribution in [0.3, 0.4) is 0 Å². The van der Waals surface area contributed by atoms with Crippen molar-refractivity contribution < 1.29 is 4.42 Å². The van der Waals surface area contributed by atoms with Gasteiger partial charge in [-0.1, -0.05) is 48.0 Å². The minimum Gasteiger partial charge on any atom is -0.467 e. The maximum Gasteiger partial charge on any atom is 0.229 e. The molecule has 0 aliphatic carbocycles. The molecule has 0 aliphatic rings. The molecule has 0 amide bonds. The molecule has 2 aromatic heterocycles. The highest BCUT2D eigenvalue weighted by atomic mass is 35.5. The monoisotopic (exact) mass is 376 g/mol. The molecule has 2 heterocycles. The van der Waals surface area contributed by atoms with Crippen LogP contribution in [-0.4, -0.2) is 9.97 Å². The van der Waals surface area contributed by atoms with Gasteiger partial charge in [0.05, 0.1) is 18.5 Å². The van der Waals surface area contributed by atoms with Crippen LogP contribution in [0.4, 0.5) is 17.5 Å². The highest BCUT2D eigenvalue weighted by Crippen LogP contribution is 2.24. The number of rotatable bonds is 6. The Labute approximate surface area is 162 Å². The highest BCUT2D eigenvalue weighted by Gasteiger charge is 2.08. The molecule has 0 fully saturated rings. The molecule has 2 aromatic carbocycles. The van der Waals surface area contributed by atoms with E-state index in [1.807, 2.05) is 72.8 Å². The van der Waals surface area contributed by atoms with Gasteiger partial charge in [0.15, 0.2) is 0 Å². The molecule has 0 radical (unpaired) electrons. The third-order valence-corrected chi connectivity index (χ3v) is 4.14. The van der Waals surface area contributed by atoms with Crippen molar-refractivity contribution >= 4 is 29.1 Å². The molecule has 0 spiro atoms. The van der Waals surface area contributed by atoms with Crippen LogP contribution in [0.15, 0.2) is 83.5 Å². The number of nitrogens with one attached hydrogen (secondary N) is 2. The van der Waals surface area contributed by atoms with Gasteiger partial charge in [0.25, 0.3) is 0 Å². The van der Waals surface area contributed by atoms with Crippen molar-refractivity contribution in [1.29, 1.82) is 0 Å². The van der Waals surface area contributed by atoms with Gasteiger partial charge >= 0.3 is 0 Å². The topological polar surface area (TPSA) is 63.0 Å². The number of anilines is 3. The fraction of sp³-hybridized carbons (Fsp3) is 0.0476. The lowest BCUT2D eigenvalue weighted by Crippen LogP contribution is -2.05. The summed E-state index contributed by atoms with van der Waals surface area (Å²) < 4.78 is 5.37. The van der Waals surface area contributed by atoms with Crippen LogP contribution in [0, 0.1) is 0 Å². The second-order valence-electron chi connectivity index (χ2n) is 5.90. The van der Waals surface area contributed by atoms with Gasteiger partial charge in [0.1, 0.15) is 11.6 Å². The lowest BCUT2D eigenvalue weighted by atomic mass is 10.1. The lowest BCUT2D eigenvalue weighted by Gasteiger charge is -2.11. The van der Waals surface area contributed by atoms with Gasteiger partial charge in [-0.25, -0.2) is 4.98 Å². The summed E-state index contributed by atoms with van der Waals surface area (Å²) in [6.07, 6.45) is 1.65. The Morgan fingerprint density at radius 2 is 1.78 bits per heavy atom. The van der Waals surface area contributed by atoms with Crippen LogP contribution in [0.1, 0.15) is 5.76 Å². The maximum absolute atomic E-state index is 6.07. The number of nitrogens with zero attached hydrogens (tertiary/aromatic N) is 2. The molecule has 0 atom stereocenters. The normalized spacial score (nSPS) is 10.6. The first-order valence-corrected chi connectivity index (χ1v) is 8.87. The number of hydrogen-bond acceptors (Lipinski definition) is 5. The number of hydrogen-bond donors (Lipinski definition) is 2. The Balaban J connectivity index is 1.65. The summed E-state index contributed by atoms with van der Waals surface area (Å²) in [5.41, 5.74) is 2.65. The predicted molar refractivity (Wildman–Crippen MR) is 108 cm³/mol. The van der Waals surface area contributed by atoms with Crippen molar-refractivity contribution in [3.05, 3.63) is 89.8 Å². The first-order valence-electron chi connectivity index (χ1n) is 8.50. The molecule has 4 rings (SSSR count). The van der Waals surface area contributed by atoms with Crippen LogP contribution in [-0.2, 0) is 6.54 Å². The second kappa shape index (κ2) is 7.93. The van der Waals surface area contributed by atoms with Gasteiger partial charge in [-0.05, 0) is 30.3 Å². The van der Waals surface area contributed by atoms with E-state index in [1.54, 1.807) is 6.26 Å². The summed E-state index contributed by atoms with van der Waals surface area (Å²) in [5.74, 6) is 2.02. The second-order valence-corrected chi connectivity index (χ2v) is 6.33. The van der Waals surface area contributed by atoms with E-state index in [0.29, 0.717) is 23.3 Å². The van der Waals surface area contributed by atoms with E-state index >= 15 is 0 Å². The average Bonchev–Trinajstić information content (AvgIpc) is 3.21. The average molecular weight is 377 g/mol. The van der Waals surface area contributed by atoms with Crippen LogP contribution in [0.25, 0.3) is 11.3 Å². The van der Waals surface area contributed by atoms with Crippen LogP contribution < -0.4 is 10.6 Å². The molecule has 6 heteroatoms. The van der Waals surface area contributed by atoms with Gasteiger partial charge in [-0.15, -0.1) is 0 Å². The third-order valence-electron chi connectivity index (χ3n) is 3.90. The molecule has 27 heavy (non-hydrogen) atoms. The molecular formula is C21H17ClN4O. The minimum atomic E-state index is 0.487. The smallest absolute Gasteiger partial charge is 0.229 e. The Kier molecular flexibility index (Phi) is 5.03. The summed E-state index contributed by atoms with van der Waals surface area (Å²) in [6.45, 7) is 0.537. The van der Waals surface area contributed by atoms with Crippen molar-refractivity contribution in [1.82, 2.24) is 9.97 Å². The van der Waals surface area contributed by atoms with E-state index in [4.69, 9.17) is 16.0 Å². The zero-order valence-corrected chi connectivity index (χ0v) is 15.1. The first kappa shape index (κ1) is 17.1. The molecule has 0 saturated heterocycles. The fourth-order valence-electron chi connectivity index (χ4n) is 2.64. The quantitative estimate of drug-likeness (QED) is 0.449. The number of aromatic nitrogens is 2. The van der Waals surface area contributed by atoms with Crippen molar-refractivity contribution in [2.45, 2.75) is 6.54 Å². The van der Waals surface area contributed by atoms with Gasteiger partial charge < -0.3 is 15.1 Å². The number of furan rings is 1. The number of benzene rings is 2.